The third-order valence-corrected chi connectivity index (χ3v) is 5.06. The molecule has 1 heterocycles. The summed E-state index contributed by atoms with van der Waals surface area (Å²) in [5.41, 5.74) is 4.26. The van der Waals surface area contributed by atoms with E-state index in [1.54, 1.807) is 24.4 Å². The van der Waals surface area contributed by atoms with E-state index >= 15 is 0 Å². The maximum absolute atomic E-state index is 13.7. The maximum atomic E-state index is 13.7. The first kappa shape index (κ1) is 17.7. The predicted octanol–water partition coefficient (Wildman–Crippen LogP) is 6.08. The molecule has 0 saturated heterocycles. The smallest absolute Gasteiger partial charge is 0.148 e. The molecule has 0 aliphatic carbocycles. The SMILES string of the molecule is CCCN1c2ccc(C=Nc3ccccc3F)cc2C(C)CC1(C)C. The Morgan fingerprint density at radius 3 is 2.72 bits per heavy atom. The standard InChI is InChI=1S/C22H27FN2/c1-5-12-25-21-11-10-17(13-18(21)16(2)14-22(25,3)4)15-24-20-9-7-6-8-19(20)23/h6-11,13,15-16H,5,12,14H2,1-4H3. The van der Waals surface area contributed by atoms with Gasteiger partial charge >= 0.3 is 0 Å². The van der Waals surface area contributed by atoms with Crippen LogP contribution in [0.4, 0.5) is 15.8 Å². The number of fused-ring (bicyclic) bond motifs is 1. The van der Waals surface area contributed by atoms with Crippen molar-refractivity contribution < 1.29 is 4.39 Å². The molecule has 0 fully saturated rings. The number of anilines is 1. The summed E-state index contributed by atoms with van der Waals surface area (Å²) in [7, 11) is 0. The van der Waals surface area contributed by atoms with E-state index in [1.165, 1.54) is 17.3 Å². The minimum Gasteiger partial charge on any atom is -0.366 e. The van der Waals surface area contributed by atoms with Gasteiger partial charge in [0, 0.05) is 24.0 Å². The summed E-state index contributed by atoms with van der Waals surface area (Å²) >= 11 is 0. The van der Waals surface area contributed by atoms with Crippen molar-refractivity contribution in [2.45, 2.75) is 52.0 Å². The van der Waals surface area contributed by atoms with Crippen molar-refractivity contribution in [3.05, 3.63) is 59.4 Å². The van der Waals surface area contributed by atoms with Crippen LogP contribution in [0.5, 0.6) is 0 Å². The summed E-state index contributed by atoms with van der Waals surface area (Å²) in [6.45, 7) is 10.2. The topological polar surface area (TPSA) is 15.6 Å². The van der Waals surface area contributed by atoms with Crippen LogP contribution < -0.4 is 4.90 Å². The lowest BCUT2D eigenvalue weighted by Gasteiger charge is -2.47. The normalized spacial score (nSPS) is 19.2. The zero-order valence-corrected chi connectivity index (χ0v) is 15.6. The molecule has 1 unspecified atom stereocenters. The second kappa shape index (κ2) is 6.99. The van der Waals surface area contributed by atoms with Crippen LogP contribution in [0.1, 0.15) is 57.6 Å². The van der Waals surface area contributed by atoms with E-state index in [1.807, 2.05) is 0 Å². The fourth-order valence-electron chi connectivity index (χ4n) is 3.94. The van der Waals surface area contributed by atoms with Gasteiger partial charge in [0.25, 0.3) is 0 Å². The molecule has 2 aromatic rings. The summed E-state index contributed by atoms with van der Waals surface area (Å²) in [4.78, 5) is 6.85. The molecule has 3 rings (SSSR count). The highest BCUT2D eigenvalue weighted by Gasteiger charge is 2.35. The minimum absolute atomic E-state index is 0.172. The van der Waals surface area contributed by atoms with Crippen molar-refractivity contribution in [3.63, 3.8) is 0 Å². The number of nitrogens with zero attached hydrogens (tertiary/aromatic N) is 2. The molecule has 0 amide bonds. The molecular formula is C22H27FN2. The second-order valence-corrected chi connectivity index (χ2v) is 7.60. The van der Waals surface area contributed by atoms with E-state index in [-0.39, 0.29) is 11.4 Å². The first-order chi connectivity index (χ1) is 11.9. The summed E-state index contributed by atoms with van der Waals surface area (Å²) in [6.07, 6.45) is 4.02. The van der Waals surface area contributed by atoms with Crippen molar-refractivity contribution in [1.29, 1.82) is 0 Å². The Bertz CT molecular complexity index is 779. The highest BCUT2D eigenvalue weighted by atomic mass is 19.1. The van der Waals surface area contributed by atoms with Gasteiger partial charge in [-0.05, 0) is 68.0 Å². The molecule has 25 heavy (non-hydrogen) atoms. The molecule has 0 aromatic heterocycles. The molecule has 2 nitrogen and oxygen atoms in total. The van der Waals surface area contributed by atoms with Crippen LogP contribution in [0.15, 0.2) is 47.5 Å². The third-order valence-electron chi connectivity index (χ3n) is 5.06. The summed E-state index contributed by atoms with van der Waals surface area (Å²) in [5.74, 6) is 0.209. The molecule has 0 saturated carbocycles. The molecule has 1 atom stereocenters. The van der Waals surface area contributed by atoms with Crippen molar-refractivity contribution in [1.82, 2.24) is 0 Å². The molecule has 3 heteroatoms. The molecule has 132 valence electrons. The monoisotopic (exact) mass is 338 g/mol. The Hall–Kier alpha value is -2.16. The van der Waals surface area contributed by atoms with Crippen LogP contribution in [-0.2, 0) is 0 Å². The maximum Gasteiger partial charge on any atom is 0.148 e. The third kappa shape index (κ3) is 3.60. The number of benzene rings is 2. The van der Waals surface area contributed by atoms with Crippen LogP contribution in [0, 0.1) is 5.82 Å². The molecule has 0 radical (unpaired) electrons. The molecule has 1 aliphatic rings. The van der Waals surface area contributed by atoms with Gasteiger partial charge in [-0.3, -0.25) is 4.99 Å². The molecule has 1 aliphatic heterocycles. The van der Waals surface area contributed by atoms with E-state index in [0.717, 1.165) is 24.9 Å². The fraction of sp³-hybridized carbons (Fsp3) is 0.409. The van der Waals surface area contributed by atoms with E-state index in [0.29, 0.717) is 11.6 Å². The fourth-order valence-corrected chi connectivity index (χ4v) is 3.94. The largest absolute Gasteiger partial charge is 0.366 e. The van der Waals surface area contributed by atoms with Crippen LogP contribution in [0.25, 0.3) is 0 Å². The number of aliphatic imine (C=N–C) groups is 1. The number of rotatable bonds is 4. The van der Waals surface area contributed by atoms with Crippen molar-refractivity contribution in [2.75, 3.05) is 11.4 Å². The number of hydrogen-bond acceptors (Lipinski definition) is 2. The molecule has 0 bridgehead atoms. The average molecular weight is 338 g/mol. The van der Waals surface area contributed by atoms with Gasteiger partial charge in [0.05, 0.1) is 5.69 Å². The number of halogens is 1. The van der Waals surface area contributed by atoms with Crippen LogP contribution >= 0.6 is 0 Å². The van der Waals surface area contributed by atoms with Gasteiger partial charge in [0.1, 0.15) is 5.82 Å². The van der Waals surface area contributed by atoms with Crippen LogP contribution in [0.2, 0.25) is 0 Å². The summed E-state index contributed by atoms with van der Waals surface area (Å²) in [6, 6.07) is 13.1. The van der Waals surface area contributed by atoms with Crippen molar-refractivity contribution in [3.8, 4) is 0 Å². The predicted molar refractivity (Wildman–Crippen MR) is 105 cm³/mol. The molecule has 2 aromatic carbocycles. The highest BCUT2D eigenvalue weighted by molar-refractivity contribution is 5.83. The molecule has 0 spiro atoms. The second-order valence-electron chi connectivity index (χ2n) is 7.60. The number of para-hydroxylation sites is 1. The van der Waals surface area contributed by atoms with Crippen molar-refractivity contribution >= 4 is 17.6 Å². The lowest BCUT2D eigenvalue weighted by atomic mass is 9.79. The van der Waals surface area contributed by atoms with Gasteiger partial charge in [0.2, 0.25) is 0 Å². The number of hydrogen-bond donors (Lipinski definition) is 0. The van der Waals surface area contributed by atoms with Gasteiger partial charge in [-0.2, -0.15) is 0 Å². The van der Waals surface area contributed by atoms with Crippen LogP contribution in [0.3, 0.4) is 0 Å². The van der Waals surface area contributed by atoms with Gasteiger partial charge in [-0.1, -0.05) is 32.0 Å². The zero-order valence-electron chi connectivity index (χ0n) is 15.6. The lowest BCUT2D eigenvalue weighted by molar-refractivity contribution is 0.376. The van der Waals surface area contributed by atoms with Gasteiger partial charge in [-0.25, -0.2) is 4.39 Å². The Morgan fingerprint density at radius 1 is 1.24 bits per heavy atom. The first-order valence-electron chi connectivity index (χ1n) is 9.12. The van der Waals surface area contributed by atoms with Crippen LogP contribution in [-0.4, -0.2) is 18.3 Å². The first-order valence-corrected chi connectivity index (χ1v) is 9.12. The Kier molecular flexibility index (Phi) is 4.94. The Balaban J connectivity index is 1.94. The van der Waals surface area contributed by atoms with Crippen molar-refractivity contribution in [2.24, 2.45) is 4.99 Å². The zero-order chi connectivity index (χ0) is 18.0. The van der Waals surface area contributed by atoms with E-state index in [2.05, 4.69) is 55.8 Å². The summed E-state index contributed by atoms with van der Waals surface area (Å²) in [5, 5.41) is 0. The van der Waals surface area contributed by atoms with Gasteiger partial charge in [0.15, 0.2) is 0 Å². The molecular weight excluding hydrogens is 311 g/mol. The van der Waals surface area contributed by atoms with Gasteiger partial charge < -0.3 is 4.90 Å². The van der Waals surface area contributed by atoms with E-state index in [9.17, 15) is 4.39 Å². The minimum atomic E-state index is -0.291. The summed E-state index contributed by atoms with van der Waals surface area (Å²) < 4.78 is 13.7. The van der Waals surface area contributed by atoms with Gasteiger partial charge in [-0.15, -0.1) is 0 Å². The van der Waals surface area contributed by atoms with E-state index < -0.39 is 0 Å². The Labute approximate surface area is 150 Å². The van der Waals surface area contributed by atoms with E-state index in [4.69, 9.17) is 0 Å². The molecule has 0 N–H and O–H groups in total. The Morgan fingerprint density at radius 2 is 2.00 bits per heavy atom. The average Bonchev–Trinajstić information content (AvgIpc) is 2.57. The lowest BCUT2D eigenvalue weighted by Crippen LogP contribution is -2.48. The highest BCUT2D eigenvalue weighted by Crippen LogP contribution is 2.43. The quantitative estimate of drug-likeness (QED) is 0.617.